The number of benzene rings is 1. The molecule has 1 unspecified atom stereocenters. The van der Waals surface area contributed by atoms with Crippen molar-refractivity contribution >= 4 is 23.4 Å². The Balaban J connectivity index is 1.34. The standard InChI is InChI=1S/C25H30N8O2/c1-3-19-23-31-27-14-32(23)20-13-26-25(30-22(20)33(19)17-6-4-5-7-17)29-18-11-8-15(12-21(18)35-2)24(34)28-16-9-10-16/h8,11-14,16-17,19H,3-7,9-10H2,1-2H3,(H,28,34)(H,26,29,30). The van der Waals surface area contributed by atoms with Crippen LogP contribution in [0.4, 0.5) is 17.5 Å². The van der Waals surface area contributed by atoms with Crippen LogP contribution in [0.1, 0.15) is 74.1 Å². The van der Waals surface area contributed by atoms with E-state index in [0.29, 0.717) is 35.0 Å². The number of ether oxygens (including phenoxy) is 1. The molecule has 2 aliphatic carbocycles. The lowest BCUT2D eigenvalue weighted by Gasteiger charge is -2.40. The van der Waals surface area contributed by atoms with E-state index in [-0.39, 0.29) is 11.9 Å². The zero-order chi connectivity index (χ0) is 23.9. The highest BCUT2D eigenvalue weighted by atomic mass is 16.5. The van der Waals surface area contributed by atoms with Gasteiger partial charge < -0.3 is 20.3 Å². The molecule has 1 aromatic carbocycles. The van der Waals surface area contributed by atoms with Gasteiger partial charge in [-0.1, -0.05) is 19.8 Å². The van der Waals surface area contributed by atoms with Crippen molar-refractivity contribution in [2.24, 2.45) is 0 Å². The third-order valence-corrected chi connectivity index (χ3v) is 7.19. The number of methoxy groups -OCH3 is 1. The zero-order valence-electron chi connectivity index (χ0n) is 20.1. The van der Waals surface area contributed by atoms with Crippen molar-refractivity contribution in [1.29, 1.82) is 0 Å². The first kappa shape index (κ1) is 21.8. The first-order valence-corrected chi connectivity index (χ1v) is 12.5. The number of amides is 1. The Labute approximate surface area is 204 Å². The summed E-state index contributed by atoms with van der Waals surface area (Å²) in [6, 6.07) is 6.23. The summed E-state index contributed by atoms with van der Waals surface area (Å²) in [5, 5.41) is 14.9. The van der Waals surface area contributed by atoms with Crippen LogP contribution in [0.2, 0.25) is 0 Å². The molecule has 2 N–H and O–H groups in total. The molecule has 1 amide bonds. The van der Waals surface area contributed by atoms with E-state index in [1.54, 1.807) is 25.6 Å². The zero-order valence-corrected chi connectivity index (χ0v) is 20.1. The molecule has 3 aliphatic rings. The van der Waals surface area contributed by atoms with Gasteiger partial charge in [0.25, 0.3) is 5.91 Å². The van der Waals surface area contributed by atoms with E-state index in [4.69, 9.17) is 9.72 Å². The number of carbonyl (C=O) groups is 1. The minimum atomic E-state index is -0.0788. The van der Waals surface area contributed by atoms with E-state index in [2.05, 4.69) is 37.6 Å². The molecule has 182 valence electrons. The van der Waals surface area contributed by atoms with Gasteiger partial charge in [0.1, 0.15) is 17.8 Å². The first-order valence-electron chi connectivity index (χ1n) is 12.5. The van der Waals surface area contributed by atoms with Crippen molar-refractivity contribution < 1.29 is 9.53 Å². The molecular weight excluding hydrogens is 444 g/mol. The van der Waals surface area contributed by atoms with Crippen molar-refractivity contribution in [2.75, 3.05) is 17.3 Å². The van der Waals surface area contributed by atoms with Crippen LogP contribution in [-0.2, 0) is 0 Å². The molecule has 35 heavy (non-hydrogen) atoms. The largest absolute Gasteiger partial charge is 0.495 e. The van der Waals surface area contributed by atoms with Gasteiger partial charge in [-0.05, 0) is 50.3 Å². The Morgan fingerprint density at radius 1 is 1.20 bits per heavy atom. The van der Waals surface area contributed by atoms with Crippen molar-refractivity contribution in [3.63, 3.8) is 0 Å². The number of rotatable bonds is 7. The summed E-state index contributed by atoms with van der Waals surface area (Å²) in [4.78, 5) is 24.5. The van der Waals surface area contributed by atoms with Crippen LogP contribution < -0.4 is 20.3 Å². The molecule has 10 nitrogen and oxygen atoms in total. The van der Waals surface area contributed by atoms with Crippen molar-refractivity contribution in [2.45, 2.75) is 70.0 Å². The van der Waals surface area contributed by atoms with Gasteiger partial charge in [-0.2, -0.15) is 4.98 Å². The lowest BCUT2D eigenvalue weighted by Crippen LogP contribution is -2.42. The third kappa shape index (κ3) is 3.96. The van der Waals surface area contributed by atoms with Crippen molar-refractivity contribution in [3.8, 4) is 11.4 Å². The van der Waals surface area contributed by atoms with E-state index < -0.39 is 0 Å². The Morgan fingerprint density at radius 3 is 2.77 bits per heavy atom. The highest BCUT2D eigenvalue weighted by Crippen LogP contribution is 2.43. The van der Waals surface area contributed by atoms with Crippen LogP contribution in [0.25, 0.3) is 5.69 Å². The highest BCUT2D eigenvalue weighted by molar-refractivity contribution is 5.95. The second-order valence-corrected chi connectivity index (χ2v) is 9.52. The molecule has 2 saturated carbocycles. The fourth-order valence-electron chi connectivity index (χ4n) is 5.26. The summed E-state index contributed by atoms with van der Waals surface area (Å²) >= 11 is 0. The van der Waals surface area contributed by atoms with Gasteiger partial charge in [0, 0.05) is 17.6 Å². The van der Waals surface area contributed by atoms with E-state index in [0.717, 1.165) is 49.4 Å². The quantitative estimate of drug-likeness (QED) is 0.530. The number of hydrogen-bond donors (Lipinski definition) is 2. The summed E-state index contributed by atoms with van der Waals surface area (Å²) in [6.45, 7) is 2.18. The summed E-state index contributed by atoms with van der Waals surface area (Å²) in [6.07, 6.45) is 11.3. The normalized spacial score (nSPS) is 19.3. The Morgan fingerprint density at radius 2 is 2.03 bits per heavy atom. The average Bonchev–Trinajstić information content (AvgIpc) is 3.32. The van der Waals surface area contributed by atoms with E-state index in [1.165, 1.54) is 12.8 Å². The van der Waals surface area contributed by atoms with Crippen LogP contribution in [0.5, 0.6) is 5.75 Å². The number of nitrogens with one attached hydrogen (secondary N) is 2. The number of aromatic nitrogens is 5. The van der Waals surface area contributed by atoms with Crippen molar-refractivity contribution in [1.82, 2.24) is 30.0 Å². The summed E-state index contributed by atoms with van der Waals surface area (Å²) < 4.78 is 7.59. The predicted octanol–water partition coefficient (Wildman–Crippen LogP) is 3.92. The number of anilines is 3. The van der Waals surface area contributed by atoms with Crippen LogP contribution in [-0.4, -0.2) is 49.8 Å². The molecule has 1 aliphatic heterocycles. The molecular formula is C25H30N8O2. The fraction of sp³-hybridized carbons (Fsp3) is 0.480. The molecule has 0 radical (unpaired) electrons. The molecule has 3 aromatic rings. The molecule has 3 heterocycles. The molecule has 2 fully saturated rings. The van der Waals surface area contributed by atoms with Crippen LogP contribution in [0, 0.1) is 0 Å². The van der Waals surface area contributed by atoms with Crippen LogP contribution in [0.15, 0.2) is 30.7 Å². The monoisotopic (exact) mass is 474 g/mol. The molecule has 2 aromatic heterocycles. The van der Waals surface area contributed by atoms with Crippen LogP contribution >= 0.6 is 0 Å². The van der Waals surface area contributed by atoms with Crippen LogP contribution in [0.3, 0.4) is 0 Å². The average molecular weight is 475 g/mol. The third-order valence-electron chi connectivity index (χ3n) is 7.19. The maximum Gasteiger partial charge on any atom is 0.251 e. The Bertz CT molecular complexity index is 1250. The number of nitrogens with zero attached hydrogens (tertiary/aromatic N) is 6. The minimum absolute atomic E-state index is 0.0788. The lowest BCUT2D eigenvalue weighted by atomic mass is 10.0. The number of carbonyl (C=O) groups excluding carboxylic acids is 1. The van der Waals surface area contributed by atoms with E-state index in [1.807, 2.05) is 16.8 Å². The smallest absolute Gasteiger partial charge is 0.251 e. The molecule has 0 saturated heterocycles. The molecule has 6 rings (SSSR count). The van der Waals surface area contributed by atoms with E-state index >= 15 is 0 Å². The lowest BCUT2D eigenvalue weighted by molar-refractivity contribution is 0.0950. The molecule has 0 spiro atoms. The highest BCUT2D eigenvalue weighted by Gasteiger charge is 2.38. The summed E-state index contributed by atoms with van der Waals surface area (Å²) in [5.74, 6) is 2.80. The second kappa shape index (κ2) is 8.83. The van der Waals surface area contributed by atoms with E-state index in [9.17, 15) is 4.79 Å². The Hall–Kier alpha value is -3.69. The summed E-state index contributed by atoms with van der Waals surface area (Å²) in [5.41, 5.74) is 2.17. The van der Waals surface area contributed by atoms with Crippen molar-refractivity contribution in [3.05, 3.63) is 42.1 Å². The predicted molar refractivity (Wildman–Crippen MR) is 131 cm³/mol. The number of fused-ring (bicyclic) bond motifs is 3. The minimum Gasteiger partial charge on any atom is -0.495 e. The topological polar surface area (TPSA) is 110 Å². The van der Waals surface area contributed by atoms with Gasteiger partial charge in [-0.25, -0.2) is 4.98 Å². The molecule has 0 bridgehead atoms. The SMILES string of the molecule is CCC1c2nncn2-c2cnc(Nc3ccc(C(=O)NC4CC4)cc3OC)nc2N1C1CCCC1. The fourth-order valence-corrected chi connectivity index (χ4v) is 5.26. The van der Waals surface area contributed by atoms with Gasteiger partial charge >= 0.3 is 0 Å². The second-order valence-electron chi connectivity index (χ2n) is 9.52. The maximum atomic E-state index is 12.5. The van der Waals surface area contributed by atoms with Gasteiger partial charge in [-0.3, -0.25) is 9.36 Å². The van der Waals surface area contributed by atoms with Gasteiger partial charge in [0.05, 0.1) is 25.0 Å². The van der Waals surface area contributed by atoms with Gasteiger partial charge in [0.15, 0.2) is 11.6 Å². The molecule has 10 heteroatoms. The van der Waals surface area contributed by atoms with Gasteiger partial charge in [0.2, 0.25) is 5.95 Å². The first-order chi connectivity index (χ1) is 17.2. The maximum absolute atomic E-state index is 12.5. The Kier molecular flexibility index (Phi) is 5.50. The molecule has 1 atom stereocenters. The summed E-state index contributed by atoms with van der Waals surface area (Å²) in [7, 11) is 1.60. The van der Waals surface area contributed by atoms with Gasteiger partial charge in [-0.15, -0.1) is 10.2 Å². The number of hydrogen-bond acceptors (Lipinski definition) is 8.